The molecule has 0 unspecified atom stereocenters. The van der Waals surface area contributed by atoms with Gasteiger partial charge in [0, 0.05) is 17.7 Å². The Morgan fingerprint density at radius 3 is 2.51 bits per heavy atom. The van der Waals surface area contributed by atoms with Crippen molar-refractivity contribution in [2.45, 2.75) is 20.1 Å². The lowest BCUT2D eigenvalue weighted by atomic mass is 10.1. The highest BCUT2D eigenvalue weighted by molar-refractivity contribution is 9.10. The van der Waals surface area contributed by atoms with Crippen molar-refractivity contribution in [3.63, 3.8) is 0 Å². The van der Waals surface area contributed by atoms with Gasteiger partial charge in [-0.05, 0) is 70.0 Å². The van der Waals surface area contributed by atoms with Crippen LogP contribution in [0.3, 0.4) is 0 Å². The molecule has 1 aliphatic heterocycles. The van der Waals surface area contributed by atoms with E-state index in [0.717, 1.165) is 16.7 Å². The maximum Gasteiger partial charge on any atom is 0.293 e. The van der Waals surface area contributed by atoms with E-state index >= 15 is 0 Å². The Labute approximate surface area is 224 Å². The van der Waals surface area contributed by atoms with Gasteiger partial charge in [-0.2, -0.15) is 0 Å². The molecule has 3 aromatic carbocycles. The summed E-state index contributed by atoms with van der Waals surface area (Å²) in [7, 11) is 0. The molecule has 11 heteroatoms. The third-order valence-corrected chi connectivity index (χ3v) is 6.82. The molecule has 0 N–H and O–H groups in total. The van der Waals surface area contributed by atoms with E-state index in [1.165, 1.54) is 30.3 Å². The summed E-state index contributed by atoms with van der Waals surface area (Å²) in [6.07, 6.45) is 1.58. The predicted octanol–water partition coefficient (Wildman–Crippen LogP) is 6.71. The Balaban J connectivity index is 1.54. The normalized spacial score (nSPS) is 14.4. The van der Waals surface area contributed by atoms with Crippen LogP contribution in [0, 0.1) is 15.9 Å². The van der Waals surface area contributed by atoms with Crippen molar-refractivity contribution in [3.8, 4) is 11.5 Å². The van der Waals surface area contributed by atoms with Crippen molar-refractivity contribution in [2.75, 3.05) is 6.61 Å². The molecular formula is C26H20BrFN2O6S. The summed E-state index contributed by atoms with van der Waals surface area (Å²) >= 11 is 4.27. The summed E-state index contributed by atoms with van der Waals surface area (Å²) in [5.74, 6) is -0.0712. The Bertz CT molecular complexity index is 1400. The zero-order valence-electron chi connectivity index (χ0n) is 19.5. The Hall–Kier alpha value is -3.70. The Morgan fingerprint density at radius 1 is 1.11 bits per heavy atom. The minimum Gasteiger partial charge on any atom is -0.490 e. The molecule has 190 valence electrons. The topological polar surface area (TPSA) is 99.0 Å². The number of ether oxygens (including phenoxy) is 2. The lowest BCUT2D eigenvalue weighted by Gasteiger charge is -2.15. The second-order valence-corrected chi connectivity index (χ2v) is 9.68. The number of carbonyl (C=O) groups is 2. The van der Waals surface area contributed by atoms with E-state index < -0.39 is 16.1 Å². The maximum absolute atomic E-state index is 14.0. The Kier molecular flexibility index (Phi) is 8.24. The van der Waals surface area contributed by atoms with Crippen molar-refractivity contribution >= 4 is 50.6 Å². The number of hydrogen-bond acceptors (Lipinski definition) is 7. The highest BCUT2D eigenvalue weighted by Gasteiger charge is 2.35. The van der Waals surface area contributed by atoms with Gasteiger partial charge in [-0.25, -0.2) is 4.39 Å². The van der Waals surface area contributed by atoms with E-state index in [-0.39, 0.29) is 29.6 Å². The van der Waals surface area contributed by atoms with Crippen LogP contribution in [0.5, 0.6) is 11.5 Å². The van der Waals surface area contributed by atoms with Crippen LogP contribution >= 0.6 is 27.7 Å². The largest absolute Gasteiger partial charge is 0.490 e. The zero-order valence-corrected chi connectivity index (χ0v) is 21.9. The lowest BCUT2D eigenvalue weighted by molar-refractivity contribution is -0.384. The number of hydrogen-bond donors (Lipinski definition) is 0. The first-order chi connectivity index (χ1) is 17.8. The quantitative estimate of drug-likeness (QED) is 0.156. The number of rotatable bonds is 9. The van der Waals surface area contributed by atoms with Crippen LogP contribution in [0.2, 0.25) is 0 Å². The summed E-state index contributed by atoms with van der Waals surface area (Å²) in [6.45, 7) is 2.14. The van der Waals surface area contributed by atoms with Gasteiger partial charge < -0.3 is 9.47 Å². The predicted molar refractivity (Wildman–Crippen MR) is 141 cm³/mol. The first-order valence-electron chi connectivity index (χ1n) is 11.1. The first kappa shape index (κ1) is 26.4. The van der Waals surface area contributed by atoms with Gasteiger partial charge in [0.25, 0.3) is 16.8 Å². The van der Waals surface area contributed by atoms with Gasteiger partial charge in [0.05, 0.1) is 27.5 Å². The van der Waals surface area contributed by atoms with Gasteiger partial charge in [-0.15, -0.1) is 0 Å². The molecule has 2 amide bonds. The molecule has 0 bridgehead atoms. The summed E-state index contributed by atoms with van der Waals surface area (Å²) in [4.78, 5) is 37.1. The van der Waals surface area contributed by atoms with E-state index in [4.69, 9.17) is 9.47 Å². The molecule has 37 heavy (non-hydrogen) atoms. The molecule has 8 nitrogen and oxygen atoms in total. The second kappa shape index (κ2) is 11.6. The highest BCUT2D eigenvalue weighted by atomic mass is 79.9. The number of nitro benzene ring substituents is 1. The molecule has 0 aliphatic carbocycles. The molecule has 0 spiro atoms. The van der Waals surface area contributed by atoms with Crippen molar-refractivity contribution in [3.05, 3.63) is 103 Å². The molecular weight excluding hydrogens is 567 g/mol. The van der Waals surface area contributed by atoms with Crippen LogP contribution in [-0.2, 0) is 17.9 Å². The smallest absolute Gasteiger partial charge is 0.293 e. The van der Waals surface area contributed by atoms with Crippen LogP contribution in [0.15, 0.2) is 70.0 Å². The molecule has 0 atom stereocenters. The molecule has 1 heterocycles. The summed E-state index contributed by atoms with van der Waals surface area (Å²) in [5.41, 5.74) is 1.50. The van der Waals surface area contributed by atoms with Crippen LogP contribution < -0.4 is 9.47 Å². The fourth-order valence-corrected chi connectivity index (χ4v) is 4.95. The van der Waals surface area contributed by atoms with Gasteiger partial charge in [-0.3, -0.25) is 24.6 Å². The Morgan fingerprint density at radius 2 is 1.84 bits per heavy atom. The van der Waals surface area contributed by atoms with Crippen LogP contribution in [0.4, 0.5) is 14.9 Å². The minimum atomic E-state index is -0.516. The standard InChI is InChI=1S/C26H20BrFN2O6S/c1-2-35-22-12-17(11-20(27)24(22)36-15-18-5-3-4-6-21(18)28)13-23-25(31)29(26(32)37-23)14-16-7-9-19(10-8-16)30(33)34/h3-13H,2,14-15H2,1H3/b23-13-. The van der Waals surface area contributed by atoms with Crippen LogP contribution in [0.1, 0.15) is 23.6 Å². The lowest BCUT2D eigenvalue weighted by Crippen LogP contribution is -2.27. The molecule has 1 saturated heterocycles. The van der Waals surface area contributed by atoms with Crippen molar-refractivity contribution in [1.82, 2.24) is 4.90 Å². The average Bonchev–Trinajstić information content (AvgIpc) is 3.12. The third-order valence-electron chi connectivity index (χ3n) is 5.32. The second-order valence-electron chi connectivity index (χ2n) is 7.83. The van der Waals surface area contributed by atoms with Crippen LogP contribution in [0.25, 0.3) is 6.08 Å². The number of nitrogens with zero attached hydrogens (tertiary/aromatic N) is 2. The van der Waals surface area contributed by atoms with E-state index in [0.29, 0.717) is 39.3 Å². The minimum absolute atomic E-state index is 0.00326. The number of non-ortho nitro benzene ring substituents is 1. The molecule has 0 aromatic heterocycles. The highest BCUT2D eigenvalue weighted by Crippen LogP contribution is 2.40. The third kappa shape index (κ3) is 6.17. The van der Waals surface area contributed by atoms with E-state index in [1.54, 1.807) is 36.4 Å². The van der Waals surface area contributed by atoms with Gasteiger partial charge >= 0.3 is 0 Å². The van der Waals surface area contributed by atoms with Crippen LogP contribution in [-0.4, -0.2) is 27.6 Å². The van der Waals surface area contributed by atoms with E-state index in [9.17, 15) is 24.1 Å². The number of halogens is 2. The molecule has 4 rings (SSSR count). The fourth-order valence-electron chi connectivity index (χ4n) is 3.53. The zero-order chi connectivity index (χ0) is 26.5. The van der Waals surface area contributed by atoms with E-state index in [1.807, 2.05) is 6.92 Å². The maximum atomic E-state index is 14.0. The number of nitro groups is 1. The monoisotopic (exact) mass is 586 g/mol. The molecule has 0 radical (unpaired) electrons. The molecule has 0 saturated carbocycles. The molecule has 1 fully saturated rings. The summed E-state index contributed by atoms with van der Waals surface area (Å²) in [6, 6.07) is 15.4. The van der Waals surface area contributed by atoms with E-state index in [2.05, 4.69) is 15.9 Å². The van der Waals surface area contributed by atoms with Gasteiger partial charge in [0.1, 0.15) is 12.4 Å². The van der Waals surface area contributed by atoms with Crippen molar-refractivity contribution in [1.29, 1.82) is 0 Å². The SMILES string of the molecule is CCOc1cc(/C=C2\SC(=O)N(Cc3ccc([N+](=O)[O-])cc3)C2=O)cc(Br)c1OCc1ccccc1F. The number of benzene rings is 3. The van der Waals surface area contributed by atoms with Crippen molar-refractivity contribution < 1.29 is 28.4 Å². The van der Waals surface area contributed by atoms with Gasteiger partial charge in [0.15, 0.2) is 11.5 Å². The van der Waals surface area contributed by atoms with Gasteiger partial charge in [-0.1, -0.05) is 30.3 Å². The molecule has 3 aromatic rings. The number of carbonyl (C=O) groups excluding carboxylic acids is 2. The fraction of sp³-hybridized carbons (Fsp3) is 0.154. The number of imide groups is 1. The summed E-state index contributed by atoms with van der Waals surface area (Å²) in [5, 5.41) is 10.4. The number of amides is 2. The average molecular weight is 587 g/mol. The summed E-state index contributed by atoms with van der Waals surface area (Å²) < 4.78 is 26.1. The number of thioether (sulfide) groups is 1. The van der Waals surface area contributed by atoms with Gasteiger partial charge in [0.2, 0.25) is 0 Å². The first-order valence-corrected chi connectivity index (χ1v) is 12.7. The van der Waals surface area contributed by atoms with Crippen molar-refractivity contribution in [2.24, 2.45) is 0 Å². The molecule has 1 aliphatic rings.